The molecule has 1 aliphatic heterocycles. The van der Waals surface area contributed by atoms with E-state index in [4.69, 9.17) is 10.9 Å². The lowest BCUT2D eigenvalue weighted by atomic mass is 10.1. The molecule has 1 aliphatic rings. The van der Waals surface area contributed by atoms with Crippen molar-refractivity contribution in [2.24, 2.45) is 16.8 Å². The van der Waals surface area contributed by atoms with Crippen LogP contribution in [0.3, 0.4) is 0 Å². The van der Waals surface area contributed by atoms with Crippen LogP contribution < -0.4 is 5.73 Å². The second kappa shape index (κ2) is 5.92. The first kappa shape index (κ1) is 12.3. The van der Waals surface area contributed by atoms with Gasteiger partial charge in [0.1, 0.15) is 5.84 Å². The molecular weight excluding hydrogens is 192 g/mol. The van der Waals surface area contributed by atoms with E-state index < -0.39 is 0 Å². The first-order valence-electron chi connectivity index (χ1n) is 5.45. The van der Waals surface area contributed by atoms with Crippen molar-refractivity contribution >= 4 is 5.84 Å². The fourth-order valence-corrected chi connectivity index (χ4v) is 2.06. The molecule has 3 N–H and O–H groups in total. The second-order valence-corrected chi connectivity index (χ2v) is 4.52. The molecule has 0 aromatic rings. The van der Waals surface area contributed by atoms with Crippen LogP contribution in [-0.2, 0) is 0 Å². The number of amidine groups is 1. The maximum absolute atomic E-state index is 8.40. The van der Waals surface area contributed by atoms with Crippen molar-refractivity contribution in [2.75, 3.05) is 40.3 Å². The molecule has 1 rings (SSSR count). The average Bonchev–Trinajstić information content (AvgIpc) is 2.60. The summed E-state index contributed by atoms with van der Waals surface area (Å²) in [6, 6.07) is 0. The summed E-state index contributed by atoms with van der Waals surface area (Å²) in [5.74, 6) is 1.08. The summed E-state index contributed by atoms with van der Waals surface area (Å²) >= 11 is 0. The summed E-state index contributed by atoms with van der Waals surface area (Å²) in [6.45, 7) is 4.35. The van der Waals surface area contributed by atoms with Crippen molar-refractivity contribution in [1.82, 2.24) is 9.80 Å². The maximum atomic E-state index is 8.40. The minimum atomic E-state index is 0.311. The largest absolute Gasteiger partial charge is 0.409 e. The smallest absolute Gasteiger partial charge is 0.140 e. The number of likely N-dealkylation sites (tertiary alicyclic amines) is 1. The number of nitrogens with zero attached hydrogens (tertiary/aromatic N) is 3. The zero-order chi connectivity index (χ0) is 11.3. The molecule has 0 saturated carbocycles. The summed E-state index contributed by atoms with van der Waals surface area (Å²) < 4.78 is 0. The van der Waals surface area contributed by atoms with Gasteiger partial charge in [-0.15, -0.1) is 0 Å². The van der Waals surface area contributed by atoms with Gasteiger partial charge in [0.25, 0.3) is 0 Å². The number of hydrogen-bond donors (Lipinski definition) is 2. The quantitative estimate of drug-likeness (QED) is 0.293. The van der Waals surface area contributed by atoms with Gasteiger partial charge in [-0.1, -0.05) is 5.16 Å². The summed E-state index contributed by atoms with van der Waals surface area (Å²) in [6.07, 6.45) is 1.92. The minimum absolute atomic E-state index is 0.311. The fraction of sp³-hybridized carbons (Fsp3) is 0.900. The standard InChI is InChI=1S/C10H22N4O/c1-13-5-3-9(7-13)8-14(2)6-4-10(11)12-15/h9,15H,3-8H2,1-2H3,(H2,11,12). The van der Waals surface area contributed by atoms with Crippen LogP contribution in [0, 0.1) is 5.92 Å². The molecule has 5 nitrogen and oxygen atoms in total. The Morgan fingerprint density at radius 2 is 2.40 bits per heavy atom. The third kappa shape index (κ3) is 4.48. The van der Waals surface area contributed by atoms with Gasteiger partial charge in [0.15, 0.2) is 0 Å². The molecule has 88 valence electrons. The third-order valence-corrected chi connectivity index (χ3v) is 2.94. The predicted octanol–water partition coefficient (Wildman–Crippen LogP) is 0.00640. The lowest BCUT2D eigenvalue weighted by molar-refractivity contribution is 0.276. The SMILES string of the molecule is CN(CCC(N)=NO)CC1CCN(C)C1. The molecule has 0 aromatic carbocycles. The Bertz CT molecular complexity index is 219. The first-order valence-corrected chi connectivity index (χ1v) is 5.45. The van der Waals surface area contributed by atoms with Crippen LogP contribution in [0.15, 0.2) is 5.16 Å². The molecule has 0 aliphatic carbocycles. The molecule has 1 unspecified atom stereocenters. The van der Waals surface area contributed by atoms with Gasteiger partial charge in [-0.25, -0.2) is 0 Å². The predicted molar refractivity (Wildman–Crippen MR) is 61.1 cm³/mol. The van der Waals surface area contributed by atoms with Crippen molar-refractivity contribution < 1.29 is 5.21 Å². The summed E-state index contributed by atoms with van der Waals surface area (Å²) in [4.78, 5) is 4.61. The highest BCUT2D eigenvalue weighted by atomic mass is 16.4. The van der Waals surface area contributed by atoms with Crippen molar-refractivity contribution in [3.63, 3.8) is 0 Å². The number of oxime groups is 1. The molecular formula is C10H22N4O. The molecule has 0 aromatic heterocycles. The highest BCUT2D eigenvalue weighted by Crippen LogP contribution is 2.14. The van der Waals surface area contributed by atoms with E-state index in [1.807, 2.05) is 0 Å². The molecule has 5 heteroatoms. The molecule has 15 heavy (non-hydrogen) atoms. The van der Waals surface area contributed by atoms with E-state index in [0.29, 0.717) is 12.3 Å². The lowest BCUT2D eigenvalue weighted by Gasteiger charge is -2.20. The van der Waals surface area contributed by atoms with E-state index in [1.165, 1.54) is 19.5 Å². The summed E-state index contributed by atoms with van der Waals surface area (Å²) in [7, 11) is 4.25. The van der Waals surface area contributed by atoms with E-state index in [9.17, 15) is 0 Å². The van der Waals surface area contributed by atoms with Crippen LogP contribution in [0.5, 0.6) is 0 Å². The average molecular weight is 214 g/mol. The topological polar surface area (TPSA) is 65.1 Å². The molecule has 0 spiro atoms. The van der Waals surface area contributed by atoms with Crippen molar-refractivity contribution in [2.45, 2.75) is 12.8 Å². The first-order chi connectivity index (χ1) is 7.11. The fourth-order valence-electron chi connectivity index (χ4n) is 2.06. The Morgan fingerprint density at radius 1 is 1.67 bits per heavy atom. The van der Waals surface area contributed by atoms with Crippen molar-refractivity contribution in [3.8, 4) is 0 Å². The maximum Gasteiger partial charge on any atom is 0.140 e. The van der Waals surface area contributed by atoms with Gasteiger partial charge < -0.3 is 20.7 Å². The Hall–Kier alpha value is -0.810. The number of rotatable bonds is 5. The molecule has 0 amide bonds. The number of hydrogen-bond acceptors (Lipinski definition) is 4. The van der Waals surface area contributed by atoms with Crippen LogP contribution in [0.1, 0.15) is 12.8 Å². The van der Waals surface area contributed by atoms with Crippen molar-refractivity contribution in [1.29, 1.82) is 0 Å². The van der Waals surface area contributed by atoms with Gasteiger partial charge in [0.2, 0.25) is 0 Å². The number of nitrogens with two attached hydrogens (primary N) is 1. The van der Waals surface area contributed by atoms with Gasteiger partial charge in [-0.05, 0) is 33.0 Å². The highest BCUT2D eigenvalue weighted by molar-refractivity contribution is 5.79. The monoisotopic (exact) mass is 214 g/mol. The van der Waals surface area contributed by atoms with Crippen LogP contribution in [0.2, 0.25) is 0 Å². The zero-order valence-corrected chi connectivity index (χ0v) is 9.69. The van der Waals surface area contributed by atoms with Gasteiger partial charge in [-0.2, -0.15) is 0 Å². The molecule has 1 heterocycles. The Balaban J connectivity index is 2.15. The van der Waals surface area contributed by atoms with Gasteiger partial charge in [0.05, 0.1) is 0 Å². The molecule has 1 saturated heterocycles. The molecule has 0 bridgehead atoms. The van der Waals surface area contributed by atoms with Gasteiger partial charge in [0, 0.05) is 26.1 Å². The molecule has 1 atom stereocenters. The Kier molecular flexibility index (Phi) is 4.84. The normalized spacial score (nSPS) is 23.9. The van der Waals surface area contributed by atoms with E-state index in [1.54, 1.807) is 0 Å². The second-order valence-electron chi connectivity index (χ2n) is 4.52. The van der Waals surface area contributed by atoms with Crippen LogP contribution in [0.4, 0.5) is 0 Å². The van der Waals surface area contributed by atoms with Crippen LogP contribution in [-0.4, -0.2) is 61.1 Å². The van der Waals surface area contributed by atoms with Crippen LogP contribution in [0.25, 0.3) is 0 Å². The minimum Gasteiger partial charge on any atom is -0.409 e. The third-order valence-electron chi connectivity index (χ3n) is 2.94. The zero-order valence-electron chi connectivity index (χ0n) is 9.69. The highest BCUT2D eigenvalue weighted by Gasteiger charge is 2.20. The lowest BCUT2D eigenvalue weighted by Crippen LogP contribution is -2.30. The summed E-state index contributed by atoms with van der Waals surface area (Å²) in [5, 5.41) is 11.4. The van der Waals surface area contributed by atoms with E-state index in [0.717, 1.165) is 19.0 Å². The summed E-state index contributed by atoms with van der Waals surface area (Å²) in [5.41, 5.74) is 5.42. The van der Waals surface area contributed by atoms with Gasteiger partial charge in [-0.3, -0.25) is 0 Å². The van der Waals surface area contributed by atoms with Crippen LogP contribution >= 0.6 is 0 Å². The van der Waals surface area contributed by atoms with E-state index in [-0.39, 0.29) is 0 Å². The van der Waals surface area contributed by atoms with E-state index >= 15 is 0 Å². The molecule has 0 radical (unpaired) electrons. The van der Waals surface area contributed by atoms with Gasteiger partial charge >= 0.3 is 0 Å². The molecule has 1 fully saturated rings. The Labute approximate surface area is 91.5 Å². The Morgan fingerprint density at radius 3 is 2.93 bits per heavy atom. The van der Waals surface area contributed by atoms with E-state index in [2.05, 4.69) is 29.1 Å². The van der Waals surface area contributed by atoms with Crippen molar-refractivity contribution in [3.05, 3.63) is 0 Å².